The van der Waals surface area contributed by atoms with E-state index in [1.54, 1.807) is 0 Å². The number of pyridine rings is 1. The van der Waals surface area contributed by atoms with Crippen molar-refractivity contribution in [3.05, 3.63) is 161 Å². The molecule has 0 spiro atoms. The van der Waals surface area contributed by atoms with Crippen LogP contribution in [0.5, 0.6) is 11.5 Å². The molecule has 0 N–H and O–H groups in total. The summed E-state index contributed by atoms with van der Waals surface area (Å²) in [6.45, 7) is 29.9. The van der Waals surface area contributed by atoms with Gasteiger partial charge in [-0.2, -0.15) is 6.07 Å². The molecule has 0 fully saturated rings. The van der Waals surface area contributed by atoms with E-state index in [4.69, 9.17) is 14.7 Å². The van der Waals surface area contributed by atoms with Crippen molar-refractivity contribution in [2.75, 3.05) is 9.80 Å². The molecule has 5 nitrogen and oxygen atoms in total. The van der Waals surface area contributed by atoms with E-state index in [1.807, 2.05) is 6.20 Å². The molecule has 0 amide bonds. The summed E-state index contributed by atoms with van der Waals surface area (Å²) in [6, 6.07) is 46.3. The molecule has 6 aromatic rings. The standard InChI is InChI=1S/C56H62N4O.Pt/c1-35(2)50(36(3)4)52-56(12,13)60(51-37(5)20-19-21-38(51)6)53(58-52)41-30-40(39-22-15-14-16-23-39)31-44(32-41)61-43-26-27-46-48(34-43)59(47-25-18-17-24-45(47)55(46,10)11)49-33-42(28-29-57-49)54(7,8)9;/h14-31,33,35-36,50,52H,1-13H3;/q-2;+2/t52-;/m1./s1. The summed E-state index contributed by atoms with van der Waals surface area (Å²) >= 11 is 0. The Bertz CT molecular complexity index is 2590. The Hall–Kier alpha value is -4.99. The first-order chi connectivity index (χ1) is 28.9. The normalized spacial score (nSPS) is 16.6. The van der Waals surface area contributed by atoms with Gasteiger partial charge in [-0.05, 0) is 102 Å². The summed E-state index contributed by atoms with van der Waals surface area (Å²) in [6.07, 6.45) is 1.92. The third-order valence-corrected chi connectivity index (χ3v) is 13.2. The maximum atomic E-state index is 6.98. The molecule has 3 heterocycles. The monoisotopic (exact) mass is 1000 g/mol. The van der Waals surface area contributed by atoms with Crippen molar-refractivity contribution in [3.63, 3.8) is 0 Å². The fourth-order valence-corrected chi connectivity index (χ4v) is 10.1. The van der Waals surface area contributed by atoms with E-state index in [-0.39, 0.29) is 43.5 Å². The molecule has 1 atom stereocenters. The van der Waals surface area contributed by atoms with Crippen LogP contribution >= 0.6 is 0 Å². The van der Waals surface area contributed by atoms with Crippen molar-refractivity contribution in [1.29, 1.82) is 0 Å². The van der Waals surface area contributed by atoms with Gasteiger partial charge in [-0.3, -0.25) is 0 Å². The summed E-state index contributed by atoms with van der Waals surface area (Å²) in [5, 5.41) is 0. The SMILES string of the molecule is Cc1cccc(C)c1N1C(c2[c-]c(Oc3[c-]c4c(cc3)C(C)(C)c3ccccc3N4c3cc(C(C)(C)C)ccn3)cc(-c3ccccc3)c2)=N[C@H](C(C(C)C)C(C)C)C1(C)C.[Pt+2]. The van der Waals surface area contributed by atoms with E-state index in [2.05, 4.69) is 221 Å². The van der Waals surface area contributed by atoms with Crippen molar-refractivity contribution in [2.45, 2.75) is 112 Å². The number of nitrogens with zero attached hydrogens (tertiary/aromatic N) is 4. The van der Waals surface area contributed by atoms with Crippen LogP contribution in [0.3, 0.4) is 0 Å². The summed E-state index contributed by atoms with van der Waals surface area (Å²) in [7, 11) is 0. The maximum absolute atomic E-state index is 6.98. The van der Waals surface area contributed by atoms with Crippen LogP contribution in [0, 0.1) is 43.7 Å². The second-order valence-electron chi connectivity index (χ2n) is 20.0. The summed E-state index contributed by atoms with van der Waals surface area (Å²) in [5.41, 5.74) is 11.7. The molecular weight excluding hydrogens is 940 g/mol. The molecule has 0 saturated heterocycles. The minimum Gasteiger partial charge on any atom is -0.503 e. The van der Waals surface area contributed by atoms with Crippen molar-refractivity contribution in [1.82, 2.24) is 4.98 Å². The van der Waals surface area contributed by atoms with Gasteiger partial charge in [0.15, 0.2) is 0 Å². The van der Waals surface area contributed by atoms with Gasteiger partial charge in [-0.15, -0.1) is 29.3 Å². The Morgan fingerprint density at radius 2 is 1.35 bits per heavy atom. The van der Waals surface area contributed by atoms with Crippen LogP contribution in [-0.2, 0) is 31.9 Å². The van der Waals surface area contributed by atoms with Gasteiger partial charge in [0.2, 0.25) is 0 Å². The first-order valence-corrected chi connectivity index (χ1v) is 22.1. The van der Waals surface area contributed by atoms with Gasteiger partial charge >= 0.3 is 21.1 Å². The molecular formula is C56H62N4OPt. The molecule has 0 saturated carbocycles. The van der Waals surface area contributed by atoms with Crippen molar-refractivity contribution in [2.24, 2.45) is 22.7 Å². The van der Waals surface area contributed by atoms with Gasteiger partial charge < -0.3 is 19.5 Å². The molecule has 6 heteroatoms. The molecule has 2 aliphatic heterocycles. The van der Waals surface area contributed by atoms with Gasteiger partial charge in [0.1, 0.15) is 5.82 Å². The van der Waals surface area contributed by atoms with Crippen LogP contribution in [0.1, 0.15) is 110 Å². The number of aryl methyl sites for hydroxylation is 2. The Labute approximate surface area is 386 Å². The number of ether oxygens (including phenoxy) is 1. The smallest absolute Gasteiger partial charge is 0.503 e. The third-order valence-electron chi connectivity index (χ3n) is 13.2. The Morgan fingerprint density at radius 3 is 2.02 bits per heavy atom. The Morgan fingerprint density at radius 1 is 0.694 bits per heavy atom. The zero-order valence-electron chi connectivity index (χ0n) is 38.8. The number of fused-ring (bicyclic) bond motifs is 2. The summed E-state index contributed by atoms with van der Waals surface area (Å²) < 4.78 is 6.98. The average Bonchev–Trinajstić information content (AvgIpc) is 3.47. The van der Waals surface area contributed by atoms with Crippen molar-refractivity contribution < 1.29 is 25.8 Å². The van der Waals surface area contributed by atoms with Crippen LogP contribution in [0.25, 0.3) is 11.1 Å². The minimum atomic E-state index is -0.319. The molecule has 0 aliphatic carbocycles. The third kappa shape index (κ3) is 8.07. The number of aliphatic imine (C=N–C) groups is 1. The average molecular weight is 1000 g/mol. The molecule has 0 bridgehead atoms. The molecule has 8 rings (SSSR count). The summed E-state index contributed by atoms with van der Waals surface area (Å²) in [5.74, 6) is 4.27. The van der Waals surface area contributed by atoms with Crippen LogP contribution in [0.2, 0.25) is 0 Å². The molecule has 62 heavy (non-hydrogen) atoms. The first-order valence-electron chi connectivity index (χ1n) is 22.1. The maximum Gasteiger partial charge on any atom is 2.00 e. The van der Waals surface area contributed by atoms with Gasteiger partial charge in [-0.25, -0.2) is 4.98 Å². The number of hydrogen-bond acceptors (Lipinski definition) is 5. The van der Waals surface area contributed by atoms with Gasteiger partial charge in [-0.1, -0.05) is 152 Å². The van der Waals surface area contributed by atoms with Crippen LogP contribution < -0.4 is 14.5 Å². The second-order valence-corrected chi connectivity index (χ2v) is 20.0. The number of aromatic nitrogens is 1. The number of benzene rings is 5. The van der Waals surface area contributed by atoms with Crippen molar-refractivity contribution >= 4 is 28.7 Å². The van der Waals surface area contributed by atoms with Crippen molar-refractivity contribution in [3.8, 4) is 22.6 Å². The Kier molecular flexibility index (Phi) is 12.3. The second kappa shape index (κ2) is 16.9. The fourth-order valence-electron chi connectivity index (χ4n) is 10.1. The van der Waals surface area contributed by atoms with E-state index in [1.165, 1.54) is 27.9 Å². The largest absolute Gasteiger partial charge is 2.00 e. The van der Waals surface area contributed by atoms with E-state index >= 15 is 0 Å². The van der Waals surface area contributed by atoms with Gasteiger partial charge in [0, 0.05) is 29.1 Å². The number of hydrogen-bond donors (Lipinski definition) is 0. The molecule has 2 aliphatic rings. The Balaban J connectivity index is 0.00000578. The molecule has 0 radical (unpaired) electrons. The van der Waals surface area contributed by atoms with Crippen LogP contribution in [0.4, 0.5) is 22.9 Å². The fraction of sp³-hybridized carbons (Fsp3) is 0.357. The van der Waals surface area contributed by atoms with Gasteiger partial charge in [0.05, 0.1) is 17.4 Å². The predicted molar refractivity (Wildman–Crippen MR) is 255 cm³/mol. The molecule has 1 aromatic heterocycles. The number of amidine groups is 1. The molecule has 0 unspecified atom stereocenters. The van der Waals surface area contributed by atoms with E-state index in [0.29, 0.717) is 29.3 Å². The minimum absolute atomic E-state index is 0. The van der Waals surface area contributed by atoms with E-state index in [9.17, 15) is 0 Å². The zero-order chi connectivity index (χ0) is 43.6. The number of rotatable bonds is 9. The van der Waals surface area contributed by atoms with E-state index < -0.39 is 0 Å². The van der Waals surface area contributed by atoms with E-state index in [0.717, 1.165) is 45.3 Å². The predicted octanol–water partition coefficient (Wildman–Crippen LogP) is 14.5. The zero-order valence-corrected chi connectivity index (χ0v) is 41.1. The van der Waals surface area contributed by atoms with Crippen LogP contribution in [-0.4, -0.2) is 22.4 Å². The molecule has 322 valence electrons. The molecule has 5 aromatic carbocycles. The topological polar surface area (TPSA) is 41.0 Å². The summed E-state index contributed by atoms with van der Waals surface area (Å²) in [4.78, 5) is 15.5. The number of para-hydroxylation sites is 2. The quantitative estimate of drug-likeness (QED) is 0.135. The first kappa shape index (κ1) is 45.0. The van der Waals surface area contributed by atoms with Gasteiger partial charge in [0.25, 0.3) is 0 Å². The number of anilines is 4. The van der Waals surface area contributed by atoms with Crippen LogP contribution in [0.15, 0.2) is 120 Å².